The molecular weight excluding hydrogens is 947 g/mol. The molecule has 1 N–H and O–H groups in total. The topological polar surface area (TPSA) is 179 Å². The lowest BCUT2D eigenvalue weighted by molar-refractivity contribution is 0.0626. The first-order valence-corrected chi connectivity index (χ1v) is 30.6. The number of carbonyl (C=O) groups is 4. The van der Waals surface area contributed by atoms with Gasteiger partial charge in [0, 0.05) is 0 Å². The van der Waals surface area contributed by atoms with Crippen molar-refractivity contribution in [3.8, 4) is 34.5 Å². The number of methoxy groups -OCH3 is 2. The molecule has 0 aliphatic carbocycles. The maximum absolute atomic E-state index is 13.0. The molecule has 0 unspecified atom stereocenters. The van der Waals surface area contributed by atoms with Crippen LogP contribution in [-0.2, 0) is 23.2 Å². The molecule has 0 saturated heterocycles. The van der Waals surface area contributed by atoms with E-state index >= 15 is 0 Å². The van der Waals surface area contributed by atoms with Gasteiger partial charge in [0.05, 0.1) is 55.8 Å². The number of hydrogen-bond acceptors (Lipinski definition) is 13. The highest BCUT2D eigenvalue weighted by Crippen LogP contribution is 2.42. The van der Waals surface area contributed by atoms with Crippen LogP contribution in [0.4, 0.5) is 0 Å². The number of hydrogen-bond donors (Lipinski definition) is 1. The molecule has 0 aromatic heterocycles. The number of benzene rings is 4. The molecule has 384 valence electrons. The molecule has 0 radical (unpaired) electrons. The van der Waals surface area contributed by atoms with Crippen molar-refractivity contribution < 1.29 is 55.2 Å². The van der Waals surface area contributed by atoms with Crippen LogP contribution in [0.2, 0.25) is 36.3 Å². The molecule has 4 amide bonds. The van der Waals surface area contributed by atoms with Crippen molar-refractivity contribution >= 4 is 50.4 Å². The molecule has 70 heavy (non-hydrogen) atoms. The fraction of sp³-hybridized carbons (Fsp3) is 0.462. The average molecular weight is 1020 g/mol. The van der Waals surface area contributed by atoms with Gasteiger partial charge in [0.1, 0.15) is 17.2 Å². The smallest absolute Gasteiger partial charge is 0.306 e. The van der Waals surface area contributed by atoms with E-state index in [9.17, 15) is 32.7 Å². The first kappa shape index (κ1) is 58.6. The normalized spacial score (nSPS) is 13.7. The summed E-state index contributed by atoms with van der Waals surface area (Å²) in [6.07, 6.45) is 0.880. The number of nitrogens with zero attached hydrogens (tertiary/aromatic N) is 3. The second kappa shape index (κ2) is 23.0. The molecule has 0 saturated carbocycles. The van der Waals surface area contributed by atoms with E-state index in [0.717, 1.165) is 21.6 Å². The van der Waals surface area contributed by atoms with Crippen LogP contribution in [-0.4, -0.2) is 109 Å². The first-order valence-electron chi connectivity index (χ1n) is 23.0. The number of phenolic OH excluding ortho intramolecular Hbond substituents is 1. The van der Waals surface area contributed by atoms with Gasteiger partial charge in [-0.25, -0.2) is 0 Å². The molecule has 0 spiro atoms. The van der Waals surface area contributed by atoms with E-state index in [2.05, 4.69) is 93.4 Å². The number of aromatic hydroxyl groups is 1. The number of rotatable bonds is 15. The van der Waals surface area contributed by atoms with Gasteiger partial charge in [-0.3, -0.25) is 29.0 Å². The van der Waals surface area contributed by atoms with Gasteiger partial charge >= 0.3 is 10.1 Å². The van der Waals surface area contributed by atoms with E-state index < -0.39 is 50.4 Å². The Morgan fingerprint density at radius 3 is 1.30 bits per heavy atom. The fourth-order valence-electron chi connectivity index (χ4n) is 6.82. The van der Waals surface area contributed by atoms with Crippen LogP contribution in [0.3, 0.4) is 0 Å². The lowest BCUT2D eigenvalue weighted by Gasteiger charge is -2.36. The third kappa shape index (κ3) is 13.6. The lowest BCUT2D eigenvalue weighted by atomic mass is 10.1. The van der Waals surface area contributed by atoms with Crippen molar-refractivity contribution in [3.05, 3.63) is 106 Å². The summed E-state index contributed by atoms with van der Waals surface area (Å²) in [5.41, 5.74) is 1.72. The number of amides is 4. The zero-order valence-corrected chi connectivity index (χ0v) is 46.0. The molecule has 0 bridgehead atoms. The van der Waals surface area contributed by atoms with Gasteiger partial charge in [0.25, 0.3) is 40.3 Å². The monoisotopic (exact) mass is 1020 g/mol. The van der Waals surface area contributed by atoms with Gasteiger partial charge in [-0.05, 0) is 116 Å². The molecule has 15 nitrogen and oxygen atoms in total. The van der Waals surface area contributed by atoms with Crippen molar-refractivity contribution in [2.24, 2.45) is 0 Å². The SMILES string of the molecule is C.CCN(CC)CC.COc1cc(CN2C(=O)c3cccc(O)c3C2=O)ccc1O[Si](C)(C)C(C)(C)C.COc1cc(CN2C(=O)c3cccc(OS(C)(=O)=O)c3C2=O)ccc1O[Si](C)(C)C(C)(C)C. The summed E-state index contributed by atoms with van der Waals surface area (Å²) in [6, 6.07) is 19.5. The Hall–Kier alpha value is -5.70. The summed E-state index contributed by atoms with van der Waals surface area (Å²) in [5.74, 6) is -0.0521. The van der Waals surface area contributed by atoms with Crippen LogP contribution < -0.4 is 22.5 Å². The Bertz CT molecular complexity index is 2650. The molecule has 0 atom stereocenters. The summed E-state index contributed by atoms with van der Waals surface area (Å²) >= 11 is 0. The molecule has 0 fully saturated rings. The Labute approximate surface area is 418 Å². The van der Waals surface area contributed by atoms with Crippen molar-refractivity contribution in [2.45, 2.75) is 119 Å². The molecule has 2 heterocycles. The van der Waals surface area contributed by atoms with Crippen molar-refractivity contribution in [1.29, 1.82) is 0 Å². The van der Waals surface area contributed by atoms with E-state index in [1.807, 2.05) is 12.1 Å². The van der Waals surface area contributed by atoms with Crippen LogP contribution >= 0.6 is 0 Å². The lowest BCUT2D eigenvalue weighted by Crippen LogP contribution is -2.43. The Morgan fingerprint density at radius 2 is 0.957 bits per heavy atom. The van der Waals surface area contributed by atoms with Crippen molar-refractivity contribution in [3.63, 3.8) is 0 Å². The van der Waals surface area contributed by atoms with Gasteiger partial charge in [0.2, 0.25) is 0 Å². The highest BCUT2D eigenvalue weighted by molar-refractivity contribution is 7.86. The largest absolute Gasteiger partial charge is 0.541 e. The highest BCUT2D eigenvalue weighted by Gasteiger charge is 2.42. The van der Waals surface area contributed by atoms with Gasteiger partial charge < -0.3 is 32.5 Å². The van der Waals surface area contributed by atoms with Crippen LogP contribution in [0, 0.1) is 0 Å². The Morgan fingerprint density at radius 1 is 0.571 bits per heavy atom. The van der Waals surface area contributed by atoms with Crippen LogP contribution in [0.1, 0.15) is 122 Å². The van der Waals surface area contributed by atoms with Crippen molar-refractivity contribution in [2.75, 3.05) is 40.1 Å². The zero-order chi connectivity index (χ0) is 52.0. The van der Waals surface area contributed by atoms with Crippen LogP contribution in [0.25, 0.3) is 0 Å². The van der Waals surface area contributed by atoms with Gasteiger partial charge in [-0.15, -0.1) is 0 Å². The minimum atomic E-state index is -3.86. The predicted octanol–water partition coefficient (Wildman–Crippen LogP) is 10.8. The van der Waals surface area contributed by atoms with E-state index in [0.29, 0.717) is 28.6 Å². The van der Waals surface area contributed by atoms with Crippen LogP contribution in [0.5, 0.6) is 34.5 Å². The first-order chi connectivity index (χ1) is 31.9. The van der Waals surface area contributed by atoms with Gasteiger partial charge in [-0.2, -0.15) is 8.42 Å². The Balaban J connectivity index is 0.000000324. The number of carbonyl (C=O) groups excluding carboxylic acids is 4. The predicted molar refractivity (Wildman–Crippen MR) is 280 cm³/mol. The second-order valence-corrected chi connectivity index (χ2v) is 30.9. The quantitative estimate of drug-likeness (QED) is 0.0676. The zero-order valence-electron chi connectivity index (χ0n) is 43.2. The second-order valence-electron chi connectivity index (χ2n) is 19.9. The number of imide groups is 2. The van der Waals surface area contributed by atoms with E-state index in [4.69, 9.17) is 22.5 Å². The average Bonchev–Trinajstić information content (AvgIpc) is 3.65. The Kier molecular flexibility index (Phi) is 19.3. The molecule has 4 aromatic rings. The molecular formula is C52H75N3O12SSi2. The standard InChI is InChI=1S/C23H29NO7SSi.C22H27NO5Si.C6H15N.CH4/c1-23(2,3)33(6,7)31-17-12-11-15(13-19(17)29-4)14-24-21(25)16-9-8-10-18(20(16)22(24)26)30-32(5,27)28;1-22(2,3)29(5,6)28-17-11-10-14(12-18(17)27-4)13-23-20(25)15-8-7-9-16(24)19(15)21(23)26;1-4-7(5-2)6-3;/h8-13H,14H2,1-7H3;7-12,24H,13H2,1-6H3;4-6H2,1-3H3;1H4. The minimum absolute atomic E-state index is 0. The third-order valence-corrected chi connectivity index (χ3v) is 22.2. The summed E-state index contributed by atoms with van der Waals surface area (Å²) < 4.78 is 51.8. The number of ether oxygens (including phenoxy) is 2. The molecule has 6 rings (SSSR count). The molecule has 2 aliphatic rings. The van der Waals surface area contributed by atoms with E-state index in [-0.39, 0.29) is 64.3 Å². The third-order valence-electron chi connectivity index (χ3n) is 13.0. The number of fused-ring (bicyclic) bond motifs is 2. The molecule has 18 heteroatoms. The summed E-state index contributed by atoms with van der Waals surface area (Å²) in [5, 5.41) is 10.0. The summed E-state index contributed by atoms with van der Waals surface area (Å²) in [6.45, 7) is 31.7. The van der Waals surface area contributed by atoms with Gasteiger partial charge in [0.15, 0.2) is 17.2 Å². The van der Waals surface area contributed by atoms with Crippen molar-refractivity contribution in [1.82, 2.24) is 14.7 Å². The molecule has 4 aromatic carbocycles. The number of phenols is 1. The van der Waals surface area contributed by atoms with Gasteiger partial charge in [-0.1, -0.05) is 94.0 Å². The fourth-order valence-corrected chi connectivity index (χ4v) is 9.33. The van der Waals surface area contributed by atoms with Crippen LogP contribution in [0.15, 0.2) is 72.8 Å². The maximum Gasteiger partial charge on any atom is 0.306 e. The molecule has 2 aliphatic heterocycles. The minimum Gasteiger partial charge on any atom is -0.541 e. The highest BCUT2D eigenvalue weighted by atomic mass is 32.2. The summed E-state index contributed by atoms with van der Waals surface area (Å²) in [7, 11) is -4.90. The van der Waals surface area contributed by atoms with E-state index in [1.165, 1.54) is 51.0 Å². The summed E-state index contributed by atoms with van der Waals surface area (Å²) in [4.78, 5) is 55.8. The maximum atomic E-state index is 13.0. The van der Waals surface area contributed by atoms with E-state index in [1.54, 1.807) is 43.5 Å².